The van der Waals surface area contributed by atoms with E-state index in [0.717, 1.165) is 45.7 Å². The first kappa shape index (κ1) is 13.3. The molecule has 90 valence electrons. The third-order valence-corrected chi connectivity index (χ3v) is 3.67. The van der Waals surface area contributed by atoms with Gasteiger partial charge in [-0.3, -0.25) is 0 Å². The van der Waals surface area contributed by atoms with Gasteiger partial charge in [0.15, 0.2) is 0 Å². The van der Waals surface area contributed by atoms with Crippen LogP contribution in [0.25, 0.3) is 0 Å². The van der Waals surface area contributed by atoms with Crippen molar-refractivity contribution in [2.45, 2.75) is 39.0 Å². The molecule has 0 bridgehead atoms. The molecule has 0 aromatic carbocycles. The number of hydrogen-bond acceptors (Lipinski definition) is 2. The van der Waals surface area contributed by atoms with Crippen LogP contribution in [0, 0.1) is 5.41 Å². The molecule has 0 aliphatic carbocycles. The lowest BCUT2D eigenvalue weighted by Crippen LogP contribution is -2.34. The van der Waals surface area contributed by atoms with Crippen molar-refractivity contribution >= 4 is 11.6 Å². The van der Waals surface area contributed by atoms with Crippen LogP contribution < -0.4 is 0 Å². The Morgan fingerprint density at radius 1 is 1.40 bits per heavy atom. The molecule has 1 heterocycles. The molecule has 15 heavy (non-hydrogen) atoms. The van der Waals surface area contributed by atoms with Crippen LogP contribution in [0.2, 0.25) is 0 Å². The summed E-state index contributed by atoms with van der Waals surface area (Å²) < 4.78 is 11.1. The quantitative estimate of drug-likeness (QED) is 0.498. The number of halogens is 1. The molecule has 0 radical (unpaired) electrons. The Morgan fingerprint density at radius 2 is 2.27 bits per heavy atom. The molecule has 1 unspecified atom stereocenters. The lowest BCUT2D eigenvalue weighted by Gasteiger charge is -2.35. The van der Waals surface area contributed by atoms with E-state index >= 15 is 0 Å². The molecule has 1 atom stereocenters. The predicted molar refractivity (Wildman–Crippen MR) is 63.6 cm³/mol. The smallest absolute Gasteiger partial charge is 0.0534 e. The molecule has 1 saturated heterocycles. The Hall–Kier alpha value is 0.210. The van der Waals surface area contributed by atoms with Crippen molar-refractivity contribution < 1.29 is 9.47 Å². The summed E-state index contributed by atoms with van der Waals surface area (Å²) in [5, 5.41) is 0. The van der Waals surface area contributed by atoms with Crippen molar-refractivity contribution in [1.82, 2.24) is 0 Å². The van der Waals surface area contributed by atoms with Crippen LogP contribution in [0.15, 0.2) is 0 Å². The van der Waals surface area contributed by atoms with Crippen molar-refractivity contribution in [3.63, 3.8) is 0 Å². The second-order valence-electron chi connectivity index (χ2n) is 4.51. The van der Waals surface area contributed by atoms with Crippen molar-refractivity contribution in [2.75, 3.05) is 32.3 Å². The molecule has 3 heteroatoms. The van der Waals surface area contributed by atoms with Gasteiger partial charge >= 0.3 is 0 Å². The second-order valence-corrected chi connectivity index (χ2v) is 4.77. The highest BCUT2D eigenvalue weighted by Gasteiger charge is 2.31. The van der Waals surface area contributed by atoms with Gasteiger partial charge in [0.1, 0.15) is 0 Å². The fourth-order valence-electron chi connectivity index (χ4n) is 1.92. The van der Waals surface area contributed by atoms with E-state index in [1.807, 2.05) is 0 Å². The van der Waals surface area contributed by atoms with Crippen molar-refractivity contribution in [1.29, 1.82) is 0 Å². The lowest BCUT2D eigenvalue weighted by atomic mass is 9.82. The number of rotatable bonds is 7. The van der Waals surface area contributed by atoms with Gasteiger partial charge in [-0.15, -0.1) is 11.6 Å². The minimum atomic E-state index is 0.187. The van der Waals surface area contributed by atoms with Gasteiger partial charge in [0.05, 0.1) is 6.61 Å². The zero-order chi connectivity index (χ0) is 11.0. The van der Waals surface area contributed by atoms with Gasteiger partial charge in [-0.1, -0.05) is 13.3 Å². The molecule has 1 aliphatic heterocycles. The minimum Gasteiger partial charge on any atom is -0.381 e. The molecule has 2 nitrogen and oxygen atoms in total. The molecule has 0 saturated carbocycles. The van der Waals surface area contributed by atoms with Gasteiger partial charge in [-0.2, -0.15) is 0 Å². The van der Waals surface area contributed by atoms with E-state index in [4.69, 9.17) is 21.1 Å². The normalized spacial score (nSPS) is 26.8. The largest absolute Gasteiger partial charge is 0.381 e. The summed E-state index contributed by atoms with van der Waals surface area (Å²) in [6.45, 7) is 5.60. The number of unbranched alkanes of at least 4 members (excludes halogenated alkanes) is 1. The molecular weight excluding hydrogens is 212 g/mol. The highest BCUT2D eigenvalue weighted by atomic mass is 35.5. The Morgan fingerprint density at radius 3 is 2.87 bits per heavy atom. The van der Waals surface area contributed by atoms with Crippen LogP contribution in [-0.2, 0) is 9.47 Å². The highest BCUT2D eigenvalue weighted by molar-refractivity contribution is 6.18. The zero-order valence-corrected chi connectivity index (χ0v) is 10.5. The van der Waals surface area contributed by atoms with Crippen LogP contribution in [0.1, 0.15) is 39.0 Å². The summed E-state index contributed by atoms with van der Waals surface area (Å²) in [7, 11) is 0. The van der Waals surface area contributed by atoms with E-state index in [1.165, 1.54) is 12.8 Å². The number of ether oxygens (including phenoxy) is 2. The van der Waals surface area contributed by atoms with Gasteiger partial charge in [-0.25, -0.2) is 0 Å². The molecule has 0 amide bonds. The average molecular weight is 235 g/mol. The highest BCUT2D eigenvalue weighted by Crippen LogP contribution is 2.33. The van der Waals surface area contributed by atoms with Crippen LogP contribution in [0.4, 0.5) is 0 Å². The van der Waals surface area contributed by atoms with Crippen LogP contribution in [-0.4, -0.2) is 32.3 Å². The maximum atomic E-state index is 6.04. The zero-order valence-electron chi connectivity index (χ0n) is 9.77. The molecule has 0 spiro atoms. The fourth-order valence-corrected chi connectivity index (χ4v) is 2.26. The Balaban J connectivity index is 2.15. The standard InChI is InChI=1S/C12H23ClO2/c1-2-3-7-14-9-6-12(10-13)5-4-8-15-11-12/h2-11H2,1H3. The average Bonchev–Trinajstić information content (AvgIpc) is 2.30. The second kappa shape index (κ2) is 7.48. The molecule has 1 aliphatic rings. The van der Waals surface area contributed by atoms with Gasteiger partial charge in [0.2, 0.25) is 0 Å². The predicted octanol–water partition coefficient (Wildman–Crippen LogP) is 3.23. The summed E-state index contributed by atoms with van der Waals surface area (Å²) in [5.74, 6) is 0.699. The summed E-state index contributed by atoms with van der Waals surface area (Å²) in [6, 6.07) is 0. The minimum absolute atomic E-state index is 0.187. The van der Waals surface area contributed by atoms with E-state index in [2.05, 4.69) is 6.92 Å². The van der Waals surface area contributed by atoms with Crippen LogP contribution in [0.5, 0.6) is 0 Å². The molecule has 0 aromatic heterocycles. The van der Waals surface area contributed by atoms with Crippen LogP contribution >= 0.6 is 11.6 Å². The van der Waals surface area contributed by atoms with Crippen LogP contribution in [0.3, 0.4) is 0 Å². The monoisotopic (exact) mass is 234 g/mol. The number of alkyl halides is 1. The Labute approximate surface area is 98.3 Å². The maximum absolute atomic E-state index is 6.04. The van der Waals surface area contributed by atoms with Gasteiger partial charge in [0.25, 0.3) is 0 Å². The van der Waals surface area contributed by atoms with Gasteiger partial charge in [-0.05, 0) is 25.7 Å². The first-order valence-electron chi connectivity index (χ1n) is 6.04. The Kier molecular flexibility index (Phi) is 6.62. The third kappa shape index (κ3) is 4.71. The van der Waals surface area contributed by atoms with E-state index in [1.54, 1.807) is 0 Å². The van der Waals surface area contributed by atoms with E-state index in [9.17, 15) is 0 Å². The molecule has 1 fully saturated rings. The molecule has 0 aromatic rings. The van der Waals surface area contributed by atoms with E-state index < -0.39 is 0 Å². The topological polar surface area (TPSA) is 18.5 Å². The summed E-state index contributed by atoms with van der Waals surface area (Å²) in [4.78, 5) is 0. The van der Waals surface area contributed by atoms with Crippen molar-refractivity contribution in [3.8, 4) is 0 Å². The van der Waals surface area contributed by atoms with E-state index in [-0.39, 0.29) is 5.41 Å². The maximum Gasteiger partial charge on any atom is 0.0534 e. The van der Waals surface area contributed by atoms with Crippen molar-refractivity contribution in [2.24, 2.45) is 5.41 Å². The number of hydrogen-bond donors (Lipinski definition) is 0. The fraction of sp³-hybridized carbons (Fsp3) is 1.00. The first-order chi connectivity index (χ1) is 7.33. The summed E-state index contributed by atoms with van der Waals surface area (Å²) in [5.41, 5.74) is 0.187. The van der Waals surface area contributed by atoms with Gasteiger partial charge < -0.3 is 9.47 Å². The van der Waals surface area contributed by atoms with Crippen molar-refractivity contribution in [3.05, 3.63) is 0 Å². The van der Waals surface area contributed by atoms with E-state index in [0.29, 0.717) is 5.88 Å². The lowest BCUT2D eigenvalue weighted by molar-refractivity contribution is -0.0159. The summed E-state index contributed by atoms with van der Waals surface area (Å²) in [6.07, 6.45) is 5.73. The molecule has 1 rings (SSSR count). The molecular formula is C12H23ClO2. The van der Waals surface area contributed by atoms with Gasteiger partial charge in [0, 0.05) is 31.1 Å². The third-order valence-electron chi connectivity index (χ3n) is 3.11. The molecule has 0 N–H and O–H groups in total. The summed E-state index contributed by atoms with van der Waals surface area (Å²) >= 11 is 6.04. The first-order valence-corrected chi connectivity index (χ1v) is 6.58. The Bertz CT molecular complexity index is 156. The SMILES string of the molecule is CCCCOCCC1(CCl)CCCOC1.